The van der Waals surface area contributed by atoms with Gasteiger partial charge in [-0.3, -0.25) is 0 Å². The minimum atomic E-state index is -2.56. The second-order valence-electron chi connectivity index (χ2n) is 19.2. The van der Waals surface area contributed by atoms with E-state index in [1.165, 1.54) is 0 Å². The summed E-state index contributed by atoms with van der Waals surface area (Å²) >= 11 is -5.13. The van der Waals surface area contributed by atoms with Crippen LogP contribution in [0.25, 0.3) is 0 Å². The molecule has 0 amide bonds. The standard InChI is InChI=1S/2C12H10Si.4C9H13.2ClH.2Hf/c2*1-3-7-11(8-4-1)13-12-9-5-2-6-10-12;4*1-6-5-7(2)9(4)8(6)3;;;;/h2*1-10H;4*6H,1-4H3;2*1H;;. The topological polar surface area (TPSA) is 0 Å². The largest absolute Gasteiger partial charge is 0.147 e. The molecule has 0 heterocycles. The van der Waals surface area contributed by atoms with Crippen molar-refractivity contribution in [3.63, 3.8) is 0 Å². The first-order chi connectivity index (χ1) is 30.5. The van der Waals surface area contributed by atoms with Crippen molar-refractivity contribution in [1.29, 1.82) is 0 Å². The second kappa shape index (κ2) is 23.0. The van der Waals surface area contributed by atoms with Crippen LogP contribution in [0.2, 0.25) is 0 Å². The Balaban J connectivity index is 0.000000240. The van der Waals surface area contributed by atoms with Crippen molar-refractivity contribution in [1.82, 2.24) is 0 Å². The number of benzene rings is 4. The van der Waals surface area contributed by atoms with Gasteiger partial charge in [-0.15, -0.1) is 24.8 Å². The van der Waals surface area contributed by atoms with Crippen LogP contribution in [0, 0.1) is 23.7 Å². The average Bonchev–Trinajstić information content (AvgIpc) is 3.80. The maximum absolute atomic E-state index is 2.56. The molecule has 0 N–H and O–H groups in total. The maximum atomic E-state index is 2.49. The van der Waals surface area contributed by atoms with Gasteiger partial charge in [-0.25, -0.2) is 0 Å². The third kappa shape index (κ3) is 10.1. The number of allylic oxidation sites excluding steroid dienone is 16. The number of rotatable bonds is 8. The zero-order valence-corrected chi connectivity index (χ0v) is 53.5. The van der Waals surface area contributed by atoms with Gasteiger partial charge >= 0.3 is 408 Å². The van der Waals surface area contributed by atoms with Gasteiger partial charge in [0.15, 0.2) is 0 Å². The predicted molar refractivity (Wildman–Crippen MR) is 291 cm³/mol. The minimum Gasteiger partial charge on any atom is -0.147 e. The fraction of sp³-hybridized carbons (Fsp3) is 0.333. The van der Waals surface area contributed by atoms with Crippen LogP contribution in [0.4, 0.5) is 0 Å². The molecule has 4 unspecified atom stereocenters. The Labute approximate surface area is 428 Å². The zero-order chi connectivity index (χ0) is 46.3. The molecule has 0 saturated carbocycles. The molecule has 8 rings (SSSR count). The average molecular weight is 1280 g/mol. The first-order valence-corrected chi connectivity index (χ1v) is 44.7. The Kier molecular flexibility index (Phi) is 19.0. The zero-order valence-electron chi connectivity index (χ0n) is 42.7. The molecule has 4 aliphatic carbocycles. The number of hydrogen-bond acceptors (Lipinski definition) is 0. The van der Waals surface area contributed by atoms with E-state index in [9.17, 15) is 0 Å². The third-order valence-corrected chi connectivity index (χ3v) is 72.4. The fourth-order valence-corrected chi connectivity index (χ4v) is 80.2. The normalized spacial score (nSPS) is 20.6. The number of hydrogen-bond donors (Lipinski definition) is 0. The van der Waals surface area contributed by atoms with Gasteiger partial charge in [0.05, 0.1) is 0 Å². The SMILES string of the molecule is CC1=C(C)C(C)[C]([Hf]([C]2=C(C)C(C)=C(C)C2C)=[Si](c2ccccc2)c2ccccc2)=C1C.CC1=C(C)C(C)[C]([Hf]([C]2=C(C)C(C)=C(C)C2C)=[Si](c2ccccc2)c2ccccc2)=C1C.Cl.Cl. The van der Waals surface area contributed by atoms with Gasteiger partial charge in [0.2, 0.25) is 0 Å². The summed E-state index contributed by atoms with van der Waals surface area (Å²) in [7, 11) is 0. The van der Waals surface area contributed by atoms with Crippen LogP contribution in [0.15, 0.2) is 202 Å². The van der Waals surface area contributed by atoms with Crippen molar-refractivity contribution >= 4 is 56.6 Å². The molecule has 0 aromatic heterocycles. The van der Waals surface area contributed by atoms with E-state index >= 15 is 0 Å². The molecule has 4 aromatic rings. The summed E-state index contributed by atoms with van der Waals surface area (Å²) in [5.74, 6) is 2.38. The Morgan fingerprint density at radius 3 is 0.576 bits per heavy atom. The number of halogens is 2. The predicted octanol–water partition coefficient (Wildman–Crippen LogP) is 14.7. The van der Waals surface area contributed by atoms with Gasteiger partial charge in [-0.05, 0) is 0 Å². The molecule has 0 spiro atoms. The van der Waals surface area contributed by atoms with E-state index < -0.39 is 51.1 Å². The molecule has 0 saturated heterocycles. The van der Waals surface area contributed by atoms with Gasteiger partial charge in [0, 0.05) is 0 Å². The van der Waals surface area contributed by atoms with E-state index in [-0.39, 0.29) is 24.8 Å². The van der Waals surface area contributed by atoms with Gasteiger partial charge in [0.25, 0.3) is 0 Å². The molecule has 0 nitrogen and oxygen atoms in total. The molecule has 4 atom stereocenters. The van der Waals surface area contributed by atoms with E-state index in [1.807, 2.05) is 13.3 Å². The smallest absolute Gasteiger partial charge is 0.147 e. The van der Waals surface area contributed by atoms with Gasteiger partial charge in [-0.1, -0.05) is 0 Å². The van der Waals surface area contributed by atoms with Crippen molar-refractivity contribution in [2.75, 3.05) is 0 Å². The van der Waals surface area contributed by atoms with Crippen LogP contribution in [-0.2, 0) is 40.1 Å². The molecular formula is C60H74Cl2Hf2Si2. The molecule has 344 valence electrons. The Bertz CT molecular complexity index is 2460. The molecule has 0 radical (unpaired) electrons. The van der Waals surface area contributed by atoms with E-state index in [4.69, 9.17) is 0 Å². The van der Waals surface area contributed by atoms with E-state index in [1.54, 1.807) is 87.6 Å². The summed E-state index contributed by atoms with van der Waals surface area (Å²) in [5.41, 5.74) is 17.4. The maximum Gasteiger partial charge on any atom is -0.147 e. The molecule has 4 aromatic carbocycles. The summed E-state index contributed by atoms with van der Waals surface area (Å²) < 4.78 is 7.54. The van der Waals surface area contributed by atoms with Crippen LogP contribution in [0.5, 0.6) is 0 Å². The molecule has 0 fully saturated rings. The monoisotopic (exact) mass is 1280 g/mol. The Morgan fingerprint density at radius 1 is 0.273 bits per heavy atom. The first kappa shape index (κ1) is 54.5. The summed E-state index contributed by atoms with van der Waals surface area (Å²) in [5, 5.41) is 6.43. The molecule has 0 aliphatic heterocycles. The summed E-state index contributed by atoms with van der Waals surface area (Å²) in [6.07, 6.45) is 0. The molecule has 6 heteroatoms. The van der Waals surface area contributed by atoms with Crippen LogP contribution in [0.3, 0.4) is 0 Å². The summed E-state index contributed by atoms with van der Waals surface area (Å²) in [6, 6.07) is 46.2. The van der Waals surface area contributed by atoms with Crippen LogP contribution >= 0.6 is 24.8 Å². The summed E-state index contributed by atoms with van der Waals surface area (Å²) in [4.78, 5) is 0. The van der Waals surface area contributed by atoms with Crippen LogP contribution < -0.4 is 20.7 Å². The van der Waals surface area contributed by atoms with Gasteiger partial charge < -0.3 is 0 Å². The van der Waals surface area contributed by atoms with Crippen molar-refractivity contribution in [3.8, 4) is 0 Å². The summed E-state index contributed by atoms with van der Waals surface area (Å²) in [6.45, 7) is 38.7. The quantitative estimate of drug-likeness (QED) is 0.154. The van der Waals surface area contributed by atoms with Crippen molar-refractivity contribution in [3.05, 3.63) is 202 Å². The van der Waals surface area contributed by atoms with Crippen LogP contribution in [0.1, 0.15) is 111 Å². The first-order valence-electron chi connectivity index (χ1n) is 23.8. The Morgan fingerprint density at radius 2 is 0.439 bits per heavy atom. The van der Waals surface area contributed by atoms with Crippen molar-refractivity contribution in [2.45, 2.75) is 111 Å². The third-order valence-electron chi connectivity index (χ3n) is 16.4. The van der Waals surface area contributed by atoms with Crippen molar-refractivity contribution < 1.29 is 40.1 Å². The molecule has 66 heavy (non-hydrogen) atoms. The van der Waals surface area contributed by atoms with Crippen molar-refractivity contribution in [2.24, 2.45) is 23.7 Å². The molecular weight excluding hydrogens is 1200 g/mol. The molecule has 4 aliphatic rings. The van der Waals surface area contributed by atoms with E-state index in [2.05, 4.69) is 232 Å². The molecule has 0 bridgehead atoms. The second-order valence-corrected chi connectivity index (χ2v) is 55.1. The van der Waals surface area contributed by atoms with Gasteiger partial charge in [-0.2, -0.15) is 0 Å². The van der Waals surface area contributed by atoms with Crippen LogP contribution in [-0.4, -0.2) is 11.0 Å². The van der Waals surface area contributed by atoms with E-state index in [0.29, 0.717) is 23.7 Å². The Hall–Kier alpha value is -2.45. The van der Waals surface area contributed by atoms with Gasteiger partial charge in [0.1, 0.15) is 0 Å². The fourth-order valence-electron chi connectivity index (χ4n) is 11.2. The minimum absolute atomic E-state index is 0. The van der Waals surface area contributed by atoms with E-state index in [0.717, 1.165) is 0 Å².